The van der Waals surface area contributed by atoms with Crippen molar-refractivity contribution in [3.05, 3.63) is 59.9 Å². The predicted octanol–water partition coefficient (Wildman–Crippen LogP) is 3.06. The van der Waals surface area contributed by atoms with Crippen molar-refractivity contribution in [2.24, 2.45) is 5.92 Å². The Morgan fingerprint density at radius 3 is 2.70 bits per heavy atom. The zero-order valence-corrected chi connectivity index (χ0v) is 11.8. The molecular weight excluding hydrogens is 248 g/mol. The van der Waals surface area contributed by atoms with Crippen LogP contribution in [0.3, 0.4) is 0 Å². The quantitative estimate of drug-likeness (QED) is 0.888. The van der Waals surface area contributed by atoms with Crippen molar-refractivity contribution in [2.45, 2.75) is 32.4 Å². The lowest BCUT2D eigenvalue weighted by molar-refractivity contribution is 0.0927. The van der Waals surface area contributed by atoms with Crippen molar-refractivity contribution in [3.63, 3.8) is 0 Å². The Morgan fingerprint density at radius 1 is 1.25 bits per heavy atom. The summed E-state index contributed by atoms with van der Waals surface area (Å²) in [6.07, 6.45) is 4.45. The van der Waals surface area contributed by atoms with Gasteiger partial charge in [-0.3, -0.25) is 4.79 Å². The molecule has 1 saturated carbocycles. The highest BCUT2D eigenvalue weighted by Crippen LogP contribution is 2.32. The Balaban J connectivity index is 1.70. The van der Waals surface area contributed by atoms with Gasteiger partial charge < -0.3 is 9.88 Å². The highest BCUT2D eigenvalue weighted by molar-refractivity contribution is 5.93. The molecule has 20 heavy (non-hydrogen) atoms. The van der Waals surface area contributed by atoms with Gasteiger partial charge in [0.05, 0.1) is 0 Å². The summed E-state index contributed by atoms with van der Waals surface area (Å²) in [6.45, 7) is 2.83. The monoisotopic (exact) mass is 268 g/mol. The summed E-state index contributed by atoms with van der Waals surface area (Å²) in [5.41, 5.74) is 1.94. The van der Waals surface area contributed by atoms with Crippen LogP contribution in [0.4, 0.5) is 0 Å². The second-order valence-electron chi connectivity index (χ2n) is 5.61. The molecule has 1 aromatic carbocycles. The van der Waals surface area contributed by atoms with Gasteiger partial charge >= 0.3 is 0 Å². The average molecular weight is 268 g/mol. The van der Waals surface area contributed by atoms with E-state index in [9.17, 15) is 4.79 Å². The Labute approximate surface area is 119 Å². The molecule has 1 fully saturated rings. The summed E-state index contributed by atoms with van der Waals surface area (Å²) in [5.74, 6) is 0.710. The van der Waals surface area contributed by atoms with Crippen LogP contribution < -0.4 is 5.32 Å². The Hall–Kier alpha value is -2.03. The molecule has 3 rings (SSSR count). The summed E-state index contributed by atoms with van der Waals surface area (Å²) in [4.78, 5) is 12.3. The molecule has 1 N–H and O–H groups in total. The number of carbonyl (C=O) groups excluding carboxylic acids is 1. The largest absolute Gasteiger partial charge is 0.348 e. The van der Waals surface area contributed by atoms with Crippen molar-refractivity contribution in [1.82, 2.24) is 9.88 Å². The van der Waals surface area contributed by atoms with E-state index >= 15 is 0 Å². The van der Waals surface area contributed by atoms with Crippen LogP contribution in [0.1, 0.15) is 35.8 Å². The Morgan fingerprint density at radius 2 is 2.00 bits per heavy atom. The first-order chi connectivity index (χ1) is 9.74. The summed E-state index contributed by atoms with van der Waals surface area (Å²) in [7, 11) is 0. The third kappa shape index (κ3) is 2.93. The Bertz CT molecular complexity index is 584. The normalized spacial score (nSPS) is 15.8. The van der Waals surface area contributed by atoms with E-state index in [1.54, 1.807) is 0 Å². The first kappa shape index (κ1) is 13.0. The molecule has 1 amide bonds. The van der Waals surface area contributed by atoms with Crippen molar-refractivity contribution < 1.29 is 4.79 Å². The van der Waals surface area contributed by atoms with Crippen LogP contribution in [0.15, 0.2) is 48.7 Å². The van der Waals surface area contributed by atoms with E-state index in [-0.39, 0.29) is 11.9 Å². The molecule has 1 aliphatic carbocycles. The van der Waals surface area contributed by atoms with Crippen LogP contribution in [-0.2, 0) is 6.54 Å². The van der Waals surface area contributed by atoms with Gasteiger partial charge in [-0.05, 0) is 43.4 Å². The number of carbonyl (C=O) groups is 1. The number of aromatic nitrogens is 1. The topological polar surface area (TPSA) is 34.0 Å². The smallest absolute Gasteiger partial charge is 0.268 e. The van der Waals surface area contributed by atoms with Crippen LogP contribution in [-0.4, -0.2) is 16.5 Å². The van der Waals surface area contributed by atoms with Gasteiger partial charge in [-0.15, -0.1) is 0 Å². The first-order valence-electron chi connectivity index (χ1n) is 7.24. The molecule has 0 aliphatic heterocycles. The molecule has 0 radical (unpaired) electrons. The van der Waals surface area contributed by atoms with Gasteiger partial charge in [0.15, 0.2) is 0 Å². The zero-order chi connectivity index (χ0) is 13.9. The van der Waals surface area contributed by atoms with E-state index in [2.05, 4.69) is 24.4 Å². The van der Waals surface area contributed by atoms with E-state index in [0.717, 1.165) is 12.2 Å². The van der Waals surface area contributed by atoms with E-state index in [0.29, 0.717) is 5.92 Å². The number of hydrogen-bond donors (Lipinski definition) is 1. The van der Waals surface area contributed by atoms with Gasteiger partial charge in [0.2, 0.25) is 0 Å². The first-order valence-corrected chi connectivity index (χ1v) is 7.24. The van der Waals surface area contributed by atoms with Gasteiger partial charge in [0.25, 0.3) is 5.91 Å². The maximum atomic E-state index is 12.3. The van der Waals surface area contributed by atoms with Crippen molar-refractivity contribution in [1.29, 1.82) is 0 Å². The number of nitrogens with one attached hydrogen (secondary N) is 1. The molecule has 1 aliphatic rings. The molecule has 0 spiro atoms. The molecular formula is C17H20N2O. The highest BCUT2D eigenvalue weighted by Gasteiger charge is 2.29. The fourth-order valence-corrected chi connectivity index (χ4v) is 2.53. The lowest BCUT2D eigenvalue weighted by Crippen LogP contribution is -2.35. The minimum atomic E-state index is 0.0327. The van der Waals surface area contributed by atoms with E-state index in [4.69, 9.17) is 0 Å². The molecule has 1 unspecified atom stereocenters. The fraction of sp³-hybridized carbons (Fsp3) is 0.353. The minimum absolute atomic E-state index is 0.0327. The lowest BCUT2D eigenvalue weighted by Gasteiger charge is -2.14. The Kier molecular flexibility index (Phi) is 3.59. The average Bonchev–Trinajstić information content (AvgIpc) is 3.21. The number of amides is 1. The number of rotatable bonds is 5. The third-order valence-electron chi connectivity index (χ3n) is 3.95. The van der Waals surface area contributed by atoms with Crippen LogP contribution in [0.2, 0.25) is 0 Å². The van der Waals surface area contributed by atoms with Gasteiger partial charge in [0.1, 0.15) is 5.69 Å². The maximum absolute atomic E-state index is 12.3. The van der Waals surface area contributed by atoms with Crippen LogP contribution >= 0.6 is 0 Å². The van der Waals surface area contributed by atoms with Crippen LogP contribution in [0.25, 0.3) is 0 Å². The molecule has 3 heteroatoms. The lowest BCUT2D eigenvalue weighted by atomic mass is 10.2. The van der Waals surface area contributed by atoms with Gasteiger partial charge in [-0.2, -0.15) is 0 Å². The molecule has 2 aromatic rings. The second-order valence-corrected chi connectivity index (χ2v) is 5.61. The van der Waals surface area contributed by atoms with Crippen LogP contribution in [0.5, 0.6) is 0 Å². The number of nitrogens with zero attached hydrogens (tertiary/aromatic N) is 1. The maximum Gasteiger partial charge on any atom is 0.268 e. The fourth-order valence-electron chi connectivity index (χ4n) is 2.53. The van der Waals surface area contributed by atoms with Gasteiger partial charge in [-0.25, -0.2) is 0 Å². The van der Waals surface area contributed by atoms with E-state index in [1.165, 1.54) is 18.4 Å². The second kappa shape index (κ2) is 5.53. The summed E-state index contributed by atoms with van der Waals surface area (Å²) >= 11 is 0. The molecule has 3 nitrogen and oxygen atoms in total. The zero-order valence-electron chi connectivity index (χ0n) is 11.8. The third-order valence-corrected chi connectivity index (χ3v) is 3.95. The van der Waals surface area contributed by atoms with E-state index < -0.39 is 0 Å². The van der Waals surface area contributed by atoms with Crippen LogP contribution in [0, 0.1) is 5.92 Å². The molecule has 1 aromatic heterocycles. The summed E-state index contributed by atoms with van der Waals surface area (Å²) in [5, 5.41) is 3.11. The SMILES string of the molecule is CC(NC(=O)c1cccn1Cc1ccccc1)C1CC1. The molecule has 1 heterocycles. The van der Waals surface area contributed by atoms with Gasteiger partial charge in [0, 0.05) is 18.8 Å². The molecule has 0 bridgehead atoms. The summed E-state index contributed by atoms with van der Waals surface area (Å²) < 4.78 is 2.00. The number of benzene rings is 1. The van der Waals surface area contributed by atoms with E-state index in [1.807, 2.05) is 41.1 Å². The molecule has 104 valence electrons. The van der Waals surface area contributed by atoms with Crippen molar-refractivity contribution >= 4 is 5.91 Å². The number of hydrogen-bond acceptors (Lipinski definition) is 1. The van der Waals surface area contributed by atoms with Gasteiger partial charge in [-0.1, -0.05) is 30.3 Å². The predicted molar refractivity (Wildman–Crippen MR) is 79.6 cm³/mol. The standard InChI is InChI=1S/C17H20N2O/c1-13(15-9-10-15)18-17(20)16-8-5-11-19(16)12-14-6-3-2-4-7-14/h2-8,11,13,15H,9-10,12H2,1H3,(H,18,20). The molecule has 0 saturated heterocycles. The summed E-state index contributed by atoms with van der Waals surface area (Å²) in [6, 6.07) is 14.3. The van der Waals surface area contributed by atoms with Crippen molar-refractivity contribution in [2.75, 3.05) is 0 Å². The minimum Gasteiger partial charge on any atom is -0.348 e. The van der Waals surface area contributed by atoms with Crippen molar-refractivity contribution in [3.8, 4) is 0 Å². The molecule has 1 atom stereocenters. The highest BCUT2D eigenvalue weighted by atomic mass is 16.2.